The van der Waals surface area contributed by atoms with Gasteiger partial charge in [0, 0.05) is 51.5 Å². The summed E-state index contributed by atoms with van der Waals surface area (Å²) in [5, 5.41) is 9.50. The highest BCUT2D eigenvalue weighted by Crippen LogP contribution is 2.22. The molecule has 36 heavy (non-hydrogen) atoms. The summed E-state index contributed by atoms with van der Waals surface area (Å²) in [6, 6.07) is 14.9. The van der Waals surface area contributed by atoms with Crippen molar-refractivity contribution in [3.63, 3.8) is 0 Å². The Morgan fingerprint density at radius 3 is 1.69 bits per heavy atom. The maximum atomic E-state index is 12.3. The fraction of sp³-hybridized carbons (Fsp3) is 0.462. The van der Waals surface area contributed by atoms with Crippen molar-refractivity contribution in [3.8, 4) is 11.5 Å². The molecule has 10 nitrogen and oxygen atoms in total. The molecular weight excluding hydrogens is 468 g/mol. The van der Waals surface area contributed by atoms with Gasteiger partial charge in [0.2, 0.25) is 0 Å². The Balaban J connectivity index is 2.17. The van der Waals surface area contributed by atoms with Crippen molar-refractivity contribution in [2.75, 3.05) is 60.6 Å². The molecule has 10 heteroatoms. The third-order valence-electron chi connectivity index (χ3n) is 5.15. The van der Waals surface area contributed by atoms with Crippen LogP contribution < -0.4 is 9.47 Å². The summed E-state index contributed by atoms with van der Waals surface area (Å²) in [6.45, 7) is 3.70. The van der Waals surface area contributed by atoms with E-state index in [4.69, 9.17) is 23.7 Å². The Labute approximate surface area is 212 Å². The van der Waals surface area contributed by atoms with Gasteiger partial charge >= 0.3 is 11.9 Å². The Hall–Kier alpha value is -3.18. The number of ether oxygens (including phenoxy) is 5. The Morgan fingerprint density at radius 2 is 1.25 bits per heavy atom. The third kappa shape index (κ3) is 10.6. The number of carboxylic acids is 1. The number of rotatable bonds is 18. The first kappa shape index (κ1) is 29.1. The lowest BCUT2D eigenvalue weighted by molar-refractivity contribution is -0.145. The summed E-state index contributed by atoms with van der Waals surface area (Å²) in [6.07, 6.45) is 0. The van der Waals surface area contributed by atoms with Crippen LogP contribution in [0.3, 0.4) is 0 Å². The predicted molar refractivity (Wildman–Crippen MR) is 133 cm³/mol. The molecule has 0 heterocycles. The lowest BCUT2D eigenvalue weighted by atomic mass is 10.1. The number of hydrogen-bond donors (Lipinski definition) is 1. The first-order valence-electron chi connectivity index (χ1n) is 11.7. The average Bonchev–Trinajstić information content (AvgIpc) is 2.86. The Kier molecular flexibility index (Phi) is 13.3. The molecule has 0 saturated heterocycles. The monoisotopic (exact) mass is 504 g/mol. The topological polar surface area (TPSA) is 107 Å². The van der Waals surface area contributed by atoms with E-state index >= 15 is 0 Å². The Bertz CT molecular complexity index is 940. The van der Waals surface area contributed by atoms with Gasteiger partial charge in [0.25, 0.3) is 0 Å². The van der Waals surface area contributed by atoms with Crippen LogP contribution in [0.5, 0.6) is 11.5 Å². The van der Waals surface area contributed by atoms with E-state index in [0.29, 0.717) is 37.7 Å². The highest BCUT2D eigenvalue weighted by Gasteiger charge is 2.18. The second-order valence-electron chi connectivity index (χ2n) is 7.94. The molecule has 2 aromatic rings. The van der Waals surface area contributed by atoms with Crippen molar-refractivity contribution in [2.24, 2.45) is 0 Å². The highest BCUT2D eigenvalue weighted by molar-refractivity contribution is 5.71. The summed E-state index contributed by atoms with van der Waals surface area (Å²) in [7, 11) is 3.08. The second kappa shape index (κ2) is 16.5. The molecule has 0 aliphatic rings. The molecule has 0 spiro atoms. The smallest absolute Gasteiger partial charge is 0.320 e. The molecule has 198 valence electrons. The maximum Gasteiger partial charge on any atom is 0.320 e. The zero-order chi connectivity index (χ0) is 26.2. The molecule has 0 aliphatic carbocycles. The van der Waals surface area contributed by atoms with Gasteiger partial charge in [0.1, 0.15) is 11.5 Å². The minimum atomic E-state index is -0.944. The van der Waals surface area contributed by atoms with Gasteiger partial charge in [0.15, 0.2) is 13.6 Å². The molecule has 0 bridgehead atoms. The average molecular weight is 505 g/mol. The van der Waals surface area contributed by atoms with E-state index in [2.05, 4.69) is 0 Å². The molecule has 0 aliphatic heterocycles. The number of carbonyl (C=O) groups is 2. The fourth-order valence-corrected chi connectivity index (χ4v) is 3.57. The summed E-state index contributed by atoms with van der Waals surface area (Å²) >= 11 is 0. The van der Waals surface area contributed by atoms with Crippen LogP contribution in [0.4, 0.5) is 0 Å². The van der Waals surface area contributed by atoms with Crippen molar-refractivity contribution in [3.05, 3.63) is 59.7 Å². The zero-order valence-electron chi connectivity index (χ0n) is 21.2. The number of para-hydroxylation sites is 2. The number of esters is 1. The van der Waals surface area contributed by atoms with Gasteiger partial charge in [0.05, 0.1) is 19.7 Å². The molecule has 0 atom stereocenters. The minimum Gasteiger partial charge on any atom is -0.480 e. The van der Waals surface area contributed by atoms with Crippen molar-refractivity contribution in [1.82, 2.24) is 9.80 Å². The molecule has 0 aromatic heterocycles. The van der Waals surface area contributed by atoms with E-state index < -0.39 is 5.97 Å². The molecule has 2 aromatic carbocycles. The van der Waals surface area contributed by atoms with Gasteiger partial charge in [-0.15, -0.1) is 0 Å². The van der Waals surface area contributed by atoms with E-state index in [1.54, 1.807) is 18.9 Å². The molecule has 0 saturated carbocycles. The van der Waals surface area contributed by atoms with E-state index in [9.17, 15) is 14.7 Å². The summed E-state index contributed by atoms with van der Waals surface area (Å²) < 4.78 is 26.5. The summed E-state index contributed by atoms with van der Waals surface area (Å²) in [5.41, 5.74) is 1.72. The van der Waals surface area contributed by atoms with E-state index in [-0.39, 0.29) is 39.3 Å². The highest BCUT2D eigenvalue weighted by atomic mass is 16.7. The molecule has 0 fully saturated rings. The van der Waals surface area contributed by atoms with Gasteiger partial charge in [-0.25, -0.2) is 0 Å². The normalized spacial score (nSPS) is 11.0. The molecule has 0 radical (unpaired) electrons. The van der Waals surface area contributed by atoms with Crippen molar-refractivity contribution < 1.29 is 38.4 Å². The van der Waals surface area contributed by atoms with Gasteiger partial charge in [-0.2, -0.15) is 0 Å². The number of nitrogens with zero attached hydrogens (tertiary/aromatic N) is 2. The van der Waals surface area contributed by atoms with Crippen LogP contribution in [0.25, 0.3) is 0 Å². The number of benzene rings is 2. The van der Waals surface area contributed by atoms with E-state index in [1.165, 1.54) is 7.11 Å². The van der Waals surface area contributed by atoms with E-state index in [0.717, 1.165) is 11.1 Å². The van der Waals surface area contributed by atoms with Crippen LogP contribution in [0, 0.1) is 0 Å². The lowest BCUT2D eigenvalue weighted by Crippen LogP contribution is -2.39. The minimum absolute atomic E-state index is 0.0564. The third-order valence-corrected chi connectivity index (χ3v) is 5.15. The fourth-order valence-electron chi connectivity index (χ4n) is 3.57. The first-order chi connectivity index (χ1) is 17.5. The van der Waals surface area contributed by atoms with Crippen LogP contribution in [0.2, 0.25) is 0 Å². The van der Waals surface area contributed by atoms with E-state index in [1.807, 2.05) is 53.4 Å². The van der Waals surface area contributed by atoms with Crippen molar-refractivity contribution in [1.29, 1.82) is 0 Å². The molecule has 0 unspecified atom stereocenters. The molecule has 2 rings (SSSR count). The van der Waals surface area contributed by atoms with Gasteiger partial charge < -0.3 is 28.8 Å². The molecular formula is C26H36N2O8. The maximum absolute atomic E-state index is 12.3. The van der Waals surface area contributed by atoms with Crippen LogP contribution in [-0.2, 0) is 36.9 Å². The van der Waals surface area contributed by atoms with Gasteiger partial charge in [-0.05, 0) is 19.1 Å². The second-order valence-corrected chi connectivity index (χ2v) is 7.94. The lowest BCUT2D eigenvalue weighted by Gasteiger charge is -2.27. The van der Waals surface area contributed by atoms with Crippen molar-refractivity contribution in [2.45, 2.75) is 20.0 Å². The van der Waals surface area contributed by atoms with Crippen LogP contribution in [0.15, 0.2) is 48.5 Å². The molecule has 0 amide bonds. The van der Waals surface area contributed by atoms with Crippen LogP contribution in [-0.4, -0.2) is 87.4 Å². The van der Waals surface area contributed by atoms with Crippen LogP contribution in [0.1, 0.15) is 18.1 Å². The summed E-state index contributed by atoms with van der Waals surface area (Å²) in [4.78, 5) is 27.6. The quantitative estimate of drug-likeness (QED) is 0.240. The van der Waals surface area contributed by atoms with Gasteiger partial charge in [-0.1, -0.05) is 36.4 Å². The number of carbonyl (C=O) groups excluding carboxylic acids is 1. The first-order valence-corrected chi connectivity index (χ1v) is 11.7. The number of hydrogen-bond acceptors (Lipinski definition) is 9. The summed E-state index contributed by atoms with van der Waals surface area (Å²) in [5.74, 6) is -0.0152. The molecule has 1 N–H and O–H groups in total. The van der Waals surface area contributed by atoms with Gasteiger partial charge in [-0.3, -0.25) is 19.4 Å². The Morgan fingerprint density at radius 1 is 0.778 bits per heavy atom. The largest absolute Gasteiger partial charge is 0.480 e. The van der Waals surface area contributed by atoms with Crippen LogP contribution >= 0.6 is 0 Å². The zero-order valence-corrected chi connectivity index (χ0v) is 21.2. The number of aliphatic carboxylic acids is 1. The predicted octanol–water partition coefficient (Wildman–Crippen LogP) is 2.60. The van der Waals surface area contributed by atoms with Crippen molar-refractivity contribution >= 4 is 11.9 Å². The number of methoxy groups -OCH3 is 2. The number of carboxylic acid groups (broad SMARTS) is 1. The standard InChI is InChI=1S/C26H36N2O8/c1-4-34-26(31)18-28(16-22-10-6-8-12-24(22)36-20-33-3)14-13-27(17-25(29)30)15-21-9-5-7-11-23(21)35-19-32-2/h5-12H,4,13-20H2,1-3H3,(H,29,30). The SMILES string of the molecule is CCOC(=O)CN(CCN(CC(=O)O)Cc1ccccc1OCOC)Cc1ccccc1OCOC.